The maximum absolute atomic E-state index is 14.1. The fraction of sp³-hybridized carbons (Fsp3) is 0.273. The average molecular weight is 636 g/mol. The topological polar surface area (TPSA) is 9.72 Å². The van der Waals surface area contributed by atoms with Crippen molar-refractivity contribution in [3.8, 4) is 0 Å². The summed E-state index contributed by atoms with van der Waals surface area (Å²) in [6.45, 7) is 0.949. The van der Waals surface area contributed by atoms with Gasteiger partial charge in [0.15, 0.2) is 0 Å². The molecule has 0 amide bonds. The summed E-state index contributed by atoms with van der Waals surface area (Å²) in [6, 6.07) is 23.9. The lowest BCUT2D eigenvalue weighted by Gasteiger charge is -2.38. The van der Waals surface area contributed by atoms with Gasteiger partial charge in [0.25, 0.3) is 0 Å². The number of rotatable bonds is 4. The van der Waals surface area contributed by atoms with Gasteiger partial charge < -0.3 is 14.7 Å². The van der Waals surface area contributed by atoms with Gasteiger partial charge in [0, 0.05) is 46.9 Å². The van der Waals surface area contributed by atoms with Gasteiger partial charge in [-0.05, 0) is 80.2 Å². The van der Waals surface area contributed by atoms with Gasteiger partial charge in [0.2, 0.25) is 0 Å². The van der Waals surface area contributed by atoms with E-state index in [2.05, 4.69) is 0 Å². The van der Waals surface area contributed by atoms with Crippen LogP contribution in [0.25, 0.3) is 0 Å². The van der Waals surface area contributed by atoms with E-state index in [0.717, 1.165) is 11.4 Å². The van der Waals surface area contributed by atoms with Gasteiger partial charge in [-0.25, -0.2) is 0 Å². The van der Waals surface area contributed by atoms with Crippen molar-refractivity contribution in [2.75, 3.05) is 29.9 Å². The fourth-order valence-electron chi connectivity index (χ4n) is 6.54. The first-order chi connectivity index (χ1) is 21.1. The van der Waals surface area contributed by atoms with Crippen LogP contribution in [0.4, 0.5) is 68.0 Å². The Labute approximate surface area is 253 Å². The molecule has 2 aliphatic rings. The normalized spacial score (nSPS) is 18.9. The number of piperidine rings is 1. The van der Waals surface area contributed by atoms with Crippen LogP contribution in [0.2, 0.25) is 0 Å². The summed E-state index contributed by atoms with van der Waals surface area (Å²) < 4.78 is 126. The Balaban J connectivity index is 1.56. The Morgan fingerprint density at radius 2 is 1.18 bits per heavy atom. The van der Waals surface area contributed by atoms with Crippen LogP contribution in [0, 0.1) is 0 Å². The quantitative estimate of drug-likeness (QED) is 0.207. The number of alkyl halides is 9. The molecule has 0 aromatic heterocycles. The molecule has 12 heteroatoms. The van der Waals surface area contributed by atoms with Crippen molar-refractivity contribution in [3.05, 3.63) is 113 Å². The van der Waals surface area contributed by atoms with Crippen molar-refractivity contribution in [1.29, 1.82) is 0 Å². The second kappa shape index (κ2) is 11.0. The minimum absolute atomic E-state index is 0.205. The second-order valence-corrected chi connectivity index (χ2v) is 11.3. The van der Waals surface area contributed by atoms with Crippen LogP contribution in [0.1, 0.15) is 34.6 Å². The summed E-state index contributed by atoms with van der Waals surface area (Å²) in [7, 11) is 1.87. The van der Waals surface area contributed by atoms with Crippen molar-refractivity contribution in [2.24, 2.45) is 0 Å². The first-order valence-corrected chi connectivity index (χ1v) is 14.1. The summed E-state index contributed by atoms with van der Waals surface area (Å²) in [5, 5.41) is 0. The number of hydrogen-bond donors (Lipinski definition) is 0. The molecule has 3 nitrogen and oxygen atoms in total. The molecule has 236 valence electrons. The number of hydrogen-bond acceptors (Lipinski definition) is 3. The van der Waals surface area contributed by atoms with E-state index in [1.54, 1.807) is 12.1 Å². The molecule has 1 saturated heterocycles. The zero-order chi connectivity index (χ0) is 32.3. The average Bonchev–Trinajstić information content (AvgIpc) is 3.29. The molecule has 2 unspecified atom stereocenters. The smallest absolute Gasteiger partial charge is 0.337 e. The van der Waals surface area contributed by atoms with E-state index in [1.165, 1.54) is 4.90 Å². The van der Waals surface area contributed by atoms with Gasteiger partial charge in [0.05, 0.1) is 16.7 Å². The molecule has 4 aromatic carbocycles. The zero-order valence-corrected chi connectivity index (χ0v) is 23.7. The maximum atomic E-state index is 14.1. The lowest BCUT2D eigenvalue weighted by atomic mass is 9.88. The monoisotopic (exact) mass is 635 g/mol. The van der Waals surface area contributed by atoms with E-state index >= 15 is 0 Å². The molecule has 1 fully saturated rings. The van der Waals surface area contributed by atoms with Crippen LogP contribution in [0.15, 0.2) is 91.0 Å². The molecule has 4 aromatic rings. The largest absolute Gasteiger partial charge is 0.417 e. The number of benzene rings is 4. The summed E-state index contributed by atoms with van der Waals surface area (Å²) in [6.07, 6.45) is -16.9. The Morgan fingerprint density at radius 1 is 0.644 bits per heavy atom. The van der Waals surface area contributed by atoms with Crippen LogP contribution in [0.3, 0.4) is 0 Å². The van der Waals surface area contributed by atoms with Crippen molar-refractivity contribution >= 4 is 28.4 Å². The standard InChI is InChI=1S/C33H26F9N3/c1-43-15-14-29-25(19-43)24-16-22(44(20-8-4-2-5-9-20)21-10-6-3-7-11-21)12-13-28(24)45(29)23-17-26(31(34,35)36)30(33(40,41)42)27(18-23)32(37,38)39/h2-13,16-18,25,29H,14-15,19H2,1H3. The number of halogens is 9. The Morgan fingerprint density at radius 3 is 1.67 bits per heavy atom. The van der Waals surface area contributed by atoms with Crippen molar-refractivity contribution in [3.63, 3.8) is 0 Å². The number of para-hydroxylation sites is 2. The molecule has 2 heterocycles. The number of likely N-dealkylation sites (tertiary alicyclic amines) is 1. The van der Waals surface area contributed by atoms with E-state index in [0.29, 0.717) is 36.4 Å². The highest BCUT2D eigenvalue weighted by Crippen LogP contribution is 2.54. The summed E-state index contributed by atoms with van der Waals surface area (Å²) >= 11 is 0. The van der Waals surface area contributed by atoms with Gasteiger partial charge in [-0.2, -0.15) is 39.5 Å². The van der Waals surface area contributed by atoms with Crippen LogP contribution < -0.4 is 9.80 Å². The minimum atomic E-state index is -5.89. The van der Waals surface area contributed by atoms with E-state index < -0.39 is 46.9 Å². The Hall–Kier alpha value is -4.19. The van der Waals surface area contributed by atoms with E-state index in [1.807, 2.05) is 83.6 Å². The highest BCUT2D eigenvalue weighted by molar-refractivity contribution is 5.82. The minimum Gasteiger partial charge on any atom is -0.337 e. The Bertz CT molecular complexity index is 1610. The van der Waals surface area contributed by atoms with Gasteiger partial charge in [-0.15, -0.1) is 0 Å². The molecule has 6 rings (SSSR count). The van der Waals surface area contributed by atoms with Crippen molar-refractivity contribution < 1.29 is 39.5 Å². The first-order valence-electron chi connectivity index (χ1n) is 14.1. The number of nitrogens with zero attached hydrogens (tertiary/aromatic N) is 3. The van der Waals surface area contributed by atoms with Gasteiger partial charge >= 0.3 is 18.5 Å². The predicted molar refractivity (Wildman–Crippen MR) is 153 cm³/mol. The van der Waals surface area contributed by atoms with E-state index in [4.69, 9.17) is 0 Å². The highest BCUT2D eigenvalue weighted by atomic mass is 19.4. The summed E-state index contributed by atoms with van der Waals surface area (Å²) in [4.78, 5) is 5.35. The number of anilines is 5. The molecule has 0 saturated carbocycles. The second-order valence-electron chi connectivity index (χ2n) is 11.3. The molecule has 0 radical (unpaired) electrons. The van der Waals surface area contributed by atoms with E-state index in [-0.39, 0.29) is 18.1 Å². The molecular formula is C33H26F9N3. The van der Waals surface area contributed by atoms with Gasteiger partial charge in [0.1, 0.15) is 0 Å². The van der Waals surface area contributed by atoms with Crippen molar-refractivity contribution in [2.45, 2.75) is 36.9 Å². The molecule has 0 spiro atoms. The third-order valence-corrected chi connectivity index (χ3v) is 8.36. The van der Waals surface area contributed by atoms with Crippen LogP contribution >= 0.6 is 0 Å². The molecule has 2 atom stereocenters. The molecule has 2 aliphatic heterocycles. The van der Waals surface area contributed by atoms with Crippen molar-refractivity contribution in [1.82, 2.24) is 4.90 Å². The Kier molecular flexibility index (Phi) is 7.54. The van der Waals surface area contributed by atoms with Crippen LogP contribution in [0.5, 0.6) is 0 Å². The van der Waals surface area contributed by atoms with Gasteiger partial charge in [-0.3, -0.25) is 0 Å². The SMILES string of the molecule is CN1CCC2C(C1)c1cc(N(c3ccccc3)c3ccccc3)ccc1N2c1cc(C(F)(F)F)c(C(F)(F)F)c(C(F)(F)F)c1. The fourth-order valence-corrected chi connectivity index (χ4v) is 6.54. The molecule has 45 heavy (non-hydrogen) atoms. The lowest BCUT2D eigenvalue weighted by molar-refractivity contribution is -0.174. The van der Waals surface area contributed by atoms with Gasteiger partial charge in [-0.1, -0.05) is 36.4 Å². The van der Waals surface area contributed by atoms with E-state index in [9.17, 15) is 39.5 Å². The third-order valence-electron chi connectivity index (χ3n) is 8.36. The first kappa shape index (κ1) is 30.8. The zero-order valence-electron chi connectivity index (χ0n) is 23.7. The highest BCUT2D eigenvalue weighted by Gasteiger charge is 2.52. The molecule has 0 aliphatic carbocycles. The number of likely N-dealkylation sites (N-methyl/N-ethyl adjacent to an activating group) is 1. The van der Waals surface area contributed by atoms with Crippen LogP contribution in [-0.2, 0) is 18.5 Å². The molecular weight excluding hydrogens is 609 g/mol. The maximum Gasteiger partial charge on any atom is 0.417 e. The third kappa shape index (κ3) is 5.71. The summed E-state index contributed by atoms with van der Waals surface area (Å²) in [5.41, 5.74) is -4.67. The van der Waals surface area contributed by atoms with Crippen LogP contribution in [-0.4, -0.2) is 31.1 Å². The lowest BCUT2D eigenvalue weighted by Crippen LogP contribution is -2.43. The molecule has 0 N–H and O–H groups in total. The summed E-state index contributed by atoms with van der Waals surface area (Å²) in [5.74, 6) is -0.335. The number of fused-ring (bicyclic) bond motifs is 3. The predicted octanol–water partition coefficient (Wildman–Crippen LogP) is 10.2. The molecule has 0 bridgehead atoms.